The third-order valence-electron chi connectivity index (χ3n) is 5.02. The fourth-order valence-electron chi connectivity index (χ4n) is 3.52. The monoisotopic (exact) mass is 344 g/mol. The van der Waals surface area contributed by atoms with E-state index in [-0.39, 0.29) is 16.7 Å². The number of rotatable bonds is 5. The van der Waals surface area contributed by atoms with Crippen molar-refractivity contribution in [1.82, 2.24) is 5.32 Å². The van der Waals surface area contributed by atoms with Crippen molar-refractivity contribution in [2.75, 3.05) is 0 Å². The fourth-order valence-corrected chi connectivity index (χ4v) is 3.52. The van der Waals surface area contributed by atoms with E-state index in [1.807, 2.05) is 6.92 Å². The minimum absolute atomic E-state index is 0.0373. The Kier molecular flexibility index (Phi) is 5.02. The van der Waals surface area contributed by atoms with Crippen LogP contribution in [0.1, 0.15) is 52.5 Å². The van der Waals surface area contributed by atoms with E-state index in [9.17, 15) is 20.0 Å². The summed E-state index contributed by atoms with van der Waals surface area (Å²) in [4.78, 5) is 22.7. The number of nitrogens with zero attached hydrogens (tertiary/aromatic N) is 1. The van der Waals surface area contributed by atoms with Gasteiger partial charge in [0.15, 0.2) is 0 Å². The smallest absolute Gasteiger partial charge is 0.334 e. The molecule has 0 aliphatic carbocycles. The fraction of sp³-hybridized carbons (Fsp3) is 0.421. The maximum Gasteiger partial charge on any atom is 0.334 e. The first-order chi connectivity index (χ1) is 11.6. The number of allylic oxidation sites excluding steroid dienone is 3. The third kappa shape index (κ3) is 3.43. The van der Waals surface area contributed by atoms with E-state index in [0.717, 1.165) is 17.7 Å². The van der Waals surface area contributed by atoms with Gasteiger partial charge >= 0.3 is 5.97 Å². The molecule has 1 aliphatic rings. The van der Waals surface area contributed by atoms with Crippen LogP contribution in [0.5, 0.6) is 0 Å². The molecule has 1 aromatic rings. The molecule has 1 heterocycles. The molecule has 6 nitrogen and oxygen atoms in total. The second-order valence-electron chi connectivity index (χ2n) is 7.03. The highest BCUT2D eigenvalue weighted by molar-refractivity contribution is 5.91. The Morgan fingerprint density at radius 3 is 2.48 bits per heavy atom. The van der Waals surface area contributed by atoms with Crippen LogP contribution < -0.4 is 5.32 Å². The summed E-state index contributed by atoms with van der Waals surface area (Å²) in [6.45, 7) is 9.85. The van der Waals surface area contributed by atoms with Crippen LogP contribution in [0.2, 0.25) is 0 Å². The van der Waals surface area contributed by atoms with Crippen LogP contribution in [0.4, 0.5) is 5.69 Å². The van der Waals surface area contributed by atoms with Crippen LogP contribution in [0.3, 0.4) is 0 Å². The third-order valence-corrected chi connectivity index (χ3v) is 5.02. The Hall–Kier alpha value is -2.63. The van der Waals surface area contributed by atoms with E-state index in [2.05, 4.69) is 26.1 Å². The summed E-state index contributed by atoms with van der Waals surface area (Å²) in [5.74, 6) is -1.54. The van der Waals surface area contributed by atoms with Crippen molar-refractivity contribution in [1.29, 1.82) is 0 Å². The number of carboxylic acid groups (broad SMARTS) is 1. The molecule has 1 unspecified atom stereocenters. The van der Waals surface area contributed by atoms with Crippen molar-refractivity contribution in [3.05, 3.63) is 62.5 Å². The number of hydrogen-bond donors (Lipinski definition) is 2. The number of carbonyl (C=O) groups is 1. The molecule has 1 aromatic carbocycles. The number of aliphatic carboxylic acids is 1. The quantitative estimate of drug-likeness (QED) is 0.612. The largest absolute Gasteiger partial charge is 0.478 e. The number of benzene rings is 1. The summed E-state index contributed by atoms with van der Waals surface area (Å²) < 4.78 is 0. The van der Waals surface area contributed by atoms with Gasteiger partial charge in [-0.05, 0) is 36.8 Å². The molecule has 2 N–H and O–H groups in total. The van der Waals surface area contributed by atoms with Crippen molar-refractivity contribution >= 4 is 11.7 Å². The topological polar surface area (TPSA) is 92.5 Å². The summed E-state index contributed by atoms with van der Waals surface area (Å²) >= 11 is 0. The van der Waals surface area contributed by atoms with Crippen molar-refractivity contribution in [2.24, 2.45) is 5.41 Å². The first kappa shape index (κ1) is 18.7. The zero-order chi connectivity index (χ0) is 18.9. The number of dihydropyridines is 1. The molecule has 0 radical (unpaired) electrons. The molecular weight excluding hydrogens is 320 g/mol. The molecular formula is C19H24N2O4. The maximum absolute atomic E-state index is 12.0. The Morgan fingerprint density at radius 2 is 1.96 bits per heavy atom. The van der Waals surface area contributed by atoms with E-state index in [4.69, 9.17) is 0 Å². The summed E-state index contributed by atoms with van der Waals surface area (Å²) in [7, 11) is 0. The van der Waals surface area contributed by atoms with Gasteiger partial charge in [0.1, 0.15) is 0 Å². The average molecular weight is 344 g/mol. The number of nitro groups is 1. The molecule has 0 aromatic heterocycles. The molecule has 0 spiro atoms. The predicted octanol–water partition coefficient (Wildman–Crippen LogP) is 4.35. The van der Waals surface area contributed by atoms with Crippen LogP contribution in [0.25, 0.3) is 0 Å². The number of non-ortho nitro benzene ring substituents is 1. The Bertz CT molecular complexity index is 790. The van der Waals surface area contributed by atoms with Crippen LogP contribution in [0, 0.1) is 15.5 Å². The van der Waals surface area contributed by atoms with Gasteiger partial charge in [0.25, 0.3) is 5.69 Å². The van der Waals surface area contributed by atoms with Crippen LogP contribution in [0.15, 0.2) is 46.8 Å². The van der Waals surface area contributed by atoms with E-state index in [1.165, 1.54) is 12.1 Å². The lowest BCUT2D eigenvalue weighted by Gasteiger charge is -2.39. The Morgan fingerprint density at radius 1 is 1.32 bits per heavy atom. The van der Waals surface area contributed by atoms with Crippen molar-refractivity contribution in [2.45, 2.75) is 47.0 Å². The summed E-state index contributed by atoms with van der Waals surface area (Å²) in [5.41, 5.74) is 3.01. The molecule has 0 fully saturated rings. The lowest BCUT2D eigenvalue weighted by atomic mass is 9.68. The molecule has 0 amide bonds. The molecule has 1 aliphatic heterocycles. The van der Waals surface area contributed by atoms with Gasteiger partial charge in [-0.3, -0.25) is 10.1 Å². The lowest BCUT2D eigenvalue weighted by molar-refractivity contribution is -0.384. The molecule has 0 saturated heterocycles. The highest BCUT2D eigenvalue weighted by Gasteiger charge is 2.39. The molecule has 0 bridgehead atoms. The lowest BCUT2D eigenvalue weighted by Crippen LogP contribution is -2.33. The Labute approximate surface area is 147 Å². The molecule has 2 rings (SSSR count). The molecule has 134 valence electrons. The van der Waals surface area contributed by atoms with E-state index in [0.29, 0.717) is 11.3 Å². The molecule has 0 saturated carbocycles. The van der Waals surface area contributed by atoms with Gasteiger partial charge in [0.05, 0.1) is 10.5 Å². The van der Waals surface area contributed by atoms with Crippen LogP contribution >= 0.6 is 0 Å². The second-order valence-corrected chi connectivity index (χ2v) is 7.03. The van der Waals surface area contributed by atoms with Gasteiger partial charge in [-0.1, -0.05) is 32.9 Å². The molecule has 25 heavy (non-hydrogen) atoms. The standard InChI is InChI=1S/C19H24N2O4/c1-6-19(4,5)17-12(3)20-11(2)15(18(22)23)16(17)13-8-7-9-14(10-13)21(24)25/h7-10,16,20H,6H2,1-5H3,(H,22,23). The number of carboxylic acids is 1. The van der Waals surface area contributed by atoms with Crippen molar-refractivity contribution in [3.8, 4) is 0 Å². The predicted molar refractivity (Wildman–Crippen MR) is 96.1 cm³/mol. The zero-order valence-corrected chi connectivity index (χ0v) is 15.2. The normalized spacial score (nSPS) is 18.2. The number of hydrogen-bond acceptors (Lipinski definition) is 4. The average Bonchev–Trinajstić information content (AvgIpc) is 2.53. The van der Waals surface area contributed by atoms with E-state index >= 15 is 0 Å². The zero-order valence-electron chi connectivity index (χ0n) is 15.2. The minimum Gasteiger partial charge on any atom is -0.478 e. The van der Waals surface area contributed by atoms with E-state index < -0.39 is 16.8 Å². The SMILES string of the molecule is CCC(C)(C)C1=C(C)NC(C)=C(C(=O)O)C1c1cccc([N+](=O)[O-])c1. The highest BCUT2D eigenvalue weighted by atomic mass is 16.6. The summed E-state index contributed by atoms with van der Waals surface area (Å²) in [6, 6.07) is 6.27. The van der Waals surface area contributed by atoms with Crippen LogP contribution in [-0.4, -0.2) is 16.0 Å². The number of nitrogens with one attached hydrogen (secondary N) is 1. The molecule has 1 atom stereocenters. The van der Waals surface area contributed by atoms with Crippen molar-refractivity contribution in [3.63, 3.8) is 0 Å². The van der Waals surface area contributed by atoms with Gasteiger partial charge in [-0.2, -0.15) is 0 Å². The van der Waals surface area contributed by atoms with Gasteiger partial charge in [-0.25, -0.2) is 4.79 Å². The number of nitro benzene ring substituents is 1. The van der Waals surface area contributed by atoms with Gasteiger partial charge < -0.3 is 10.4 Å². The van der Waals surface area contributed by atoms with Crippen LogP contribution in [-0.2, 0) is 4.79 Å². The van der Waals surface area contributed by atoms with Gasteiger partial charge in [-0.15, -0.1) is 0 Å². The summed E-state index contributed by atoms with van der Waals surface area (Å²) in [6.07, 6.45) is 0.818. The second kappa shape index (κ2) is 6.70. The first-order valence-corrected chi connectivity index (χ1v) is 8.26. The molecule has 6 heteroatoms. The summed E-state index contributed by atoms with van der Waals surface area (Å²) in [5, 5.41) is 24.2. The van der Waals surface area contributed by atoms with Gasteiger partial charge in [0.2, 0.25) is 0 Å². The van der Waals surface area contributed by atoms with Gasteiger partial charge in [0, 0.05) is 29.4 Å². The maximum atomic E-state index is 12.0. The first-order valence-electron chi connectivity index (χ1n) is 8.26. The minimum atomic E-state index is -1.02. The van der Waals surface area contributed by atoms with Crippen molar-refractivity contribution < 1.29 is 14.8 Å². The van der Waals surface area contributed by atoms with E-state index in [1.54, 1.807) is 19.1 Å². The highest BCUT2D eigenvalue weighted by Crippen LogP contribution is 2.48. The Balaban J connectivity index is 2.76.